The van der Waals surface area contributed by atoms with Crippen molar-refractivity contribution < 1.29 is 35.4 Å². The van der Waals surface area contributed by atoms with Crippen molar-refractivity contribution in [2.24, 2.45) is 5.92 Å². The van der Waals surface area contributed by atoms with Crippen LogP contribution < -0.4 is 0 Å². The van der Waals surface area contributed by atoms with Gasteiger partial charge < -0.3 is 30.6 Å². The van der Waals surface area contributed by atoms with Crippen molar-refractivity contribution >= 4 is 5.97 Å². The van der Waals surface area contributed by atoms with Crippen LogP contribution in [0.3, 0.4) is 0 Å². The fraction of sp³-hybridized carbons (Fsp3) is 0.889. The second-order valence-corrected chi connectivity index (χ2v) is 4.22. The Balaban J connectivity index is 2.89. The number of rotatable bonds is 3. The van der Waals surface area contributed by atoms with Gasteiger partial charge in [-0.3, -0.25) is 0 Å². The quantitative estimate of drug-likeness (QED) is 0.313. The van der Waals surface area contributed by atoms with Gasteiger partial charge in [-0.1, -0.05) is 0 Å². The largest absolute Gasteiger partial charge is 0.479 e. The average molecular weight is 236 g/mol. The number of carboxylic acids is 1. The van der Waals surface area contributed by atoms with Gasteiger partial charge in [0.1, 0.15) is 0 Å². The maximum absolute atomic E-state index is 10.8. The van der Waals surface area contributed by atoms with Crippen molar-refractivity contribution in [3.63, 3.8) is 0 Å². The van der Waals surface area contributed by atoms with Gasteiger partial charge in [-0.15, -0.1) is 0 Å². The highest BCUT2D eigenvalue weighted by atomic mass is 16.4. The minimum Gasteiger partial charge on any atom is -0.479 e. The molecule has 0 aromatic carbocycles. The van der Waals surface area contributed by atoms with Crippen LogP contribution in [0.2, 0.25) is 0 Å². The Bertz CT molecular complexity index is 269. The molecular formula is C9H16O7. The molecule has 16 heavy (non-hydrogen) atoms. The van der Waals surface area contributed by atoms with Crippen LogP contribution in [0.4, 0.5) is 0 Å². The minimum atomic E-state index is -2.18. The molecule has 7 heteroatoms. The maximum atomic E-state index is 10.8. The van der Waals surface area contributed by atoms with Crippen LogP contribution in [0, 0.1) is 5.92 Å². The summed E-state index contributed by atoms with van der Waals surface area (Å²) in [6.07, 6.45) is -5.10. The molecule has 0 aromatic rings. The highest BCUT2D eigenvalue weighted by Crippen LogP contribution is 2.35. The van der Waals surface area contributed by atoms with Gasteiger partial charge in [-0.05, 0) is 6.42 Å². The third kappa shape index (κ3) is 2.33. The smallest absolute Gasteiger partial charge is 0.335 e. The molecule has 0 unspecified atom stereocenters. The molecule has 1 saturated carbocycles. The molecule has 7 nitrogen and oxygen atoms in total. The zero-order chi connectivity index (χ0) is 12.5. The molecule has 0 bridgehead atoms. The Morgan fingerprint density at radius 1 is 1.38 bits per heavy atom. The van der Waals surface area contributed by atoms with Crippen molar-refractivity contribution in [2.45, 2.75) is 36.8 Å². The first-order valence-electron chi connectivity index (χ1n) is 4.92. The van der Waals surface area contributed by atoms with Crippen LogP contribution in [0.5, 0.6) is 0 Å². The van der Waals surface area contributed by atoms with Crippen LogP contribution in [0.25, 0.3) is 0 Å². The van der Waals surface area contributed by atoms with Gasteiger partial charge in [0.05, 0.1) is 24.9 Å². The Morgan fingerprint density at radius 2 is 1.94 bits per heavy atom. The number of carbonyl (C=O) groups is 1. The highest BCUT2D eigenvalue weighted by Gasteiger charge is 2.50. The molecular weight excluding hydrogens is 220 g/mol. The zero-order valence-electron chi connectivity index (χ0n) is 8.52. The van der Waals surface area contributed by atoms with E-state index < -0.39 is 55.2 Å². The maximum Gasteiger partial charge on any atom is 0.335 e. The predicted molar refractivity (Wildman–Crippen MR) is 50.4 cm³/mol. The van der Waals surface area contributed by atoms with Gasteiger partial charge in [0.15, 0.2) is 5.60 Å². The molecule has 0 saturated heterocycles. The first-order chi connectivity index (χ1) is 7.31. The number of hydrogen-bond donors (Lipinski definition) is 6. The summed E-state index contributed by atoms with van der Waals surface area (Å²) >= 11 is 0. The van der Waals surface area contributed by atoms with E-state index in [-0.39, 0.29) is 0 Å². The lowest BCUT2D eigenvalue weighted by molar-refractivity contribution is -0.187. The van der Waals surface area contributed by atoms with Gasteiger partial charge >= 0.3 is 5.97 Å². The van der Waals surface area contributed by atoms with Crippen LogP contribution in [0.1, 0.15) is 12.8 Å². The first-order valence-corrected chi connectivity index (χ1v) is 4.92. The van der Waals surface area contributed by atoms with E-state index in [4.69, 9.17) is 10.2 Å². The summed E-state index contributed by atoms with van der Waals surface area (Å²) in [5.41, 5.74) is -2.18. The van der Waals surface area contributed by atoms with Gasteiger partial charge in [0.2, 0.25) is 0 Å². The molecule has 6 N–H and O–H groups in total. The molecule has 0 aromatic heterocycles. The SMILES string of the molecule is O=C(O)[C@]1(O)C[C@H]([C@H](O)CO)[C@H](O)[C@H](O)C1. The Hall–Kier alpha value is -0.730. The second kappa shape index (κ2) is 4.64. The first kappa shape index (κ1) is 13.3. The summed E-state index contributed by atoms with van der Waals surface area (Å²) in [7, 11) is 0. The minimum absolute atomic E-state index is 0.414. The van der Waals surface area contributed by atoms with Gasteiger partial charge in [0.25, 0.3) is 0 Å². The van der Waals surface area contributed by atoms with E-state index >= 15 is 0 Å². The lowest BCUT2D eigenvalue weighted by atomic mass is 9.72. The summed E-state index contributed by atoms with van der Waals surface area (Å²) in [6, 6.07) is 0. The summed E-state index contributed by atoms with van der Waals surface area (Å²) in [4.78, 5) is 10.8. The van der Waals surface area contributed by atoms with Gasteiger partial charge in [0, 0.05) is 12.3 Å². The van der Waals surface area contributed by atoms with Crippen molar-refractivity contribution in [1.82, 2.24) is 0 Å². The lowest BCUT2D eigenvalue weighted by Gasteiger charge is -2.41. The zero-order valence-corrected chi connectivity index (χ0v) is 8.52. The van der Waals surface area contributed by atoms with E-state index in [1.165, 1.54) is 0 Å². The fourth-order valence-corrected chi connectivity index (χ4v) is 2.02. The van der Waals surface area contributed by atoms with Crippen LogP contribution in [-0.2, 0) is 4.79 Å². The van der Waals surface area contributed by atoms with E-state index in [0.29, 0.717) is 0 Å². The third-order valence-electron chi connectivity index (χ3n) is 3.03. The second-order valence-electron chi connectivity index (χ2n) is 4.22. The summed E-state index contributed by atoms with van der Waals surface area (Å²) < 4.78 is 0. The lowest BCUT2D eigenvalue weighted by Crippen LogP contribution is -2.56. The van der Waals surface area contributed by atoms with Crippen molar-refractivity contribution in [3.05, 3.63) is 0 Å². The third-order valence-corrected chi connectivity index (χ3v) is 3.03. The Morgan fingerprint density at radius 3 is 2.38 bits per heavy atom. The molecule has 1 rings (SSSR count). The fourth-order valence-electron chi connectivity index (χ4n) is 2.02. The highest BCUT2D eigenvalue weighted by molar-refractivity contribution is 5.77. The molecule has 1 aliphatic rings. The van der Waals surface area contributed by atoms with Crippen molar-refractivity contribution in [3.8, 4) is 0 Å². The molecule has 94 valence electrons. The van der Waals surface area contributed by atoms with Gasteiger partial charge in [-0.2, -0.15) is 0 Å². The molecule has 0 amide bonds. The monoisotopic (exact) mass is 236 g/mol. The summed E-state index contributed by atoms with van der Waals surface area (Å²) in [5, 5.41) is 55.5. The summed E-state index contributed by atoms with van der Waals surface area (Å²) in [6.45, 7) is -0.676. The Kier molecular flexibility index (Phi) is 3.87. The van der Waals surface area contributed by atoms with Crippen LogP contribution in [0.15, 0.2) is 0 Å². The van der Waals surface area contributed by atoms with Crippen LogP contribution >= 0.6 is 0 Å². The van der Waals surface area contributed by atoms with Crippen molar-refractivity contribution in [2.75, 3.05) is 6.61 Å². The standard InChI is InChI=1S/C9H16O7/c10-3-6(12)4-1-9(16,8(14)15)2-5(11)7(4)13/h4-7,10-13,16H,1-3H2,(H,14,15)/t4-,5-,6-,7+,9+/m1/s1. The summed E-state index contributed by atoms with van der Waals surface area (Å²) in [5.74, 6) is -2.59. The molecule has 1 aliphatic carbocycles. The molecule has 0 aliphatic heterocycles. The molecule has 0 spiro atoms. The van der Waals surface area contributed by atoms with E-state index in [9.17, 15) is 25.2 Å². The Labute approximate surface area is 91.6 Å². The van der Waals surface area contributed by atoms with E-state index in [1.807, 2.05) is 0 Å². The molecule has 0 heterocycles. The average Bonchev–Trinajstić information content (AvgIpc) is 2.22. The number of carboxylic acid groups (broad SMARTS) is 1. The van der Waals surface area contributed by atoms with E-state index in [2.05, 4.69) is 0 Å². The topological polar surface area (TPSA) is 138 Å². The molecule has 5 atom stereocenters. The number of aliphatic hydroxyl groups excluding tert-OH is 4. The van der Waals surface area contributed by atoms with Crippen LogP contribution in [-0.4, -0.2) is 67.1 Å². The van der Waals surface area contributed by atoms with Crippen molar-refractivity contribution in [1.29, 1.82) is 0 Å². The number of aliphatic carboxylic acids is 1. The van der Waals surface area contributed by atoms with E-state index in [1.54, 1.807) is 0 Å². The molecule has 1 fully saturated rings. The molecule has 0 radical (unpaired) electrons. The normalized spacial score (nSPS) is 41.7. The van der Waals surface area contributed by atoms with E-state index in [0.717, 1.165) is 0 Å². The van der Waals surface area contributed by atoms with Gasteiger partial charge in [-0.25, -0.2) is 4.79 Å². The number of aliphatic hydroxyl groups is 5. The number of hydrogen-bond acceptors (Lipinski definition) is 6. The predicted octanol–water partition coefficient (Wildman–Crippen LogP) is -2.71.